The van der Waals surface area contributed by atoms with Crippen LogP contribution in [0.3, 0.4) is 0 Å². The topological polar surface area (TPSA) is 96.7 Å². The molecule has 0 aliphatic carbocycles. The average molecular weight is 489 g/mol. The van der Waals surface area contributed by atoms with Gasteiger partial charge in [0.25, 0.3) is 0 Å². The minimum Gasteiger partial charge on any atom is -0.485 e. The number of hydrogen-bond acceptors (Lipinski definition) is 8. The highest BCUT2D eigenvalue weighted by Crippen LogP contribution is 2.37. The number of ether oxygens (including phenoxy) is 4. The molecule has 35 heavy (non-hydrogen) atoms. The smallest absolute Gasteiger partial charge is 0.234 e. The van der Waals surface area contributed by atoms with Gasteiger partial charge in [-0.05, 0) is 36.4 Å². The summed E-state index contributed by atoms with van der Waals surface area (Å²) in [4.78, 5) is 12.7. The maximum Gasteiger partial charge on any atom is 0.234 e. The Kier molecular flexibility index (Phi) is 5.63. The van der Waals surface area contributed by atoms with Crippen molar-refractivity contribution in [2.75, 3.05) is 24.5 Å². The second-order valence-electron chi connectivity index (χ2n) is 7.78. The largest absolute Gasteiger partial charge is 0.485 e. The molecule has 1 amide bonds. The molecule has 0 radical (unpaired) electrons. The van der Waals surface area contributed by atoms with E-state index in [-0.39, 0.29) is 18.5 Å². The van der Waals surface area contributed by atoms with Crippen LogP contribution in [0.4, 0.5) is 5.69 Å². The van der Waals surface area contributed by atoms with Gasteiger partial charge < -0.3 is 24.3 Å². The summed E-state index contributed by atoms with van der Waals surface area (Å²) in [7, 11) is 0. The number of benzene rings is 3. The predicted octanol–water partition coefficient (Wildman–Crippen LogP) is 4.24. The highest BCUT2D eigenvalue weighted by Gasteiger charge is 2.29. The summed E-state index contributed by atoms with van der Waals surface area (Å²) in [5.41, 5.74) is 1.50. The zero-order valence-corrected chi connectivity index (χ0v) is 19.2. The van der Waals surface area contributed by atoms with Crippen LogP contribution in [-0.4, -0.2) is 39.8 Å². The lowest BCUT2D eigenvalue weighted by atomic mass is 10.2. The number of carbonyl (C=O) groups is 1. The molecular weight excluding hydrogens is 468 g/mol. The summed E-state index contributed by atoms with van der Waals surface area (Å²) in [6, 6.07) is 22.6. The molecule has 3 aromatic carbocycles. The fraction of sp³-hybridized carbons (Fsp3) is 0.160. The molecule has 176 valence electrons. The van der Waals surface area contributed by atoms with E-state index in [4.69, 9.17) is 18.9 Å². The number of nitrogens with one attached hydrogen (secondary N) is 1. The highest BCUT2D eigenvalue weighted by molar-refractivity contribution is 7.99. The Morgan fingerprint density at radius 1 is 0.914 bits per heavy atom. The first-order chi connectivity index (χ1) is 17.2. The number of carbonyl (C=O) groups excluding carboxylic acids is 1. The predicted molar refractivity (Wildman–Crippen MR) is 129 cm³/mol. The summed E-state index contributed by atoms with van der Waals surface area (Å²) in [5, 5.41) is 12.3. The summed E-state index contributed by atoms with van der Waals surface area (Å²) in [6.45, 7) is 0.485. The Hall–Kier alpha value is -4.18. The summed E-state index contributed by atoms with van der Waals surface area (Å²) in [6.07, 6.45) is -0.450. The third-order valence-corrected chi connectivity index (χ3v) is 6.39. The molecule has 0 fully saturated rings. The van der Waals surface area contributed by atoms with Crippen LogP contribution in [0.15, 0.2) is 78.0 Å². The molecule has 4 aromatic rings. The van der Waals surface area contributed by atoms with E-state index in [9.17, 15) is 4.79 Å². The van der Waals surface area contributed by atoms with Gasteiger partial charge in [-0.25, -0.2) is 0 Å². The van der Waals surface area contributed by atoms with Crippen molar-refractivity contribution in [1.82, 2.24) is 14.8 Å². The minimum atomic E-state index is -0.450. The molecule has 1 atom stereocenters. The van der Waals surface area contributed by atoms with Crippen LogP contribution < -0.4 is 24.3 Å². The lowest BCUT2D eigenvalue weighted by Crippen LogP contribution is -2.24. The lowest BCUT2D eigenvalue weighted by Gasteiger charge is -2.26. The summed E-state index contributed by atoms with van der Waals surface area (Å²) in [5.74, 6) is 3.20. The van der Waals surface area contributed by atoms with Crippen molar-refractivity contribution in [2.45, 2.75) is 11.3 Å². The van der Waals surface area contributed by atoms with Crippen molar-refractivity contribution in [1.29, 1.82) is 0 Å². The molecule has 0 bridgehead atoms. The van der Waals surface area contributed by atoms with Crippen LogP contribution in [0.5, 0.6) is 23.0 Å². The average Bonchev–Trinajstić information content (AvgIpc) is 3.54. The quantitative estimate of drug-likeness (QED) is 0.403. The monoisotopic (exact) mass is 488 g/mol. The van der Waals surface area contributed by atoms with Gasteiger partial charge in [0.2, 0.25) is 12.7 Å². The molecule has 6 rings (SSSR count). The van der Waals surface area contributed by atoms with E-state index >= 15 is 0 Å². The number of hydrogen-bond donors (Lipinski definition) is 1. The molecule has 0 unspecified atom stereocenters. The summed E-state index contributed by atoms with van der Waals surface area (Å²) >= 11 is 1.29. The first-order valence-corrected chi connectivity index (χ1v) is 11.9. The number of anilines is 1. The van der Waals surface area contributed by atoms with Crippen molar-refractivity contribution in [3.63, 3.8) is 0 Å². The third kappa shape index (κ3) is 4.35. The first kappa shape index (κ1) is 21.4. The molecule has 10 heteroatoms. The molecule has 9 nitrogen and oxygen atoms in total. The molecule has 1 N–H and O–H groups in total. The van der Waals surface area contributed by atoms with Crippen LogP contribution in [-0.2, 0) is 4.79 Å². The molecule has 0 saturated heterocycles. The first-order valence-electron chi connectivity index (χ1n) is 11.0. The van der Waals surface area contributed by atoms with Crippen molar-refractivity contribution >= 4 is 23.4 Å². The van der Waals surface area contributed by atoms with Crippen LogP contribution >= 0.6 is 11.8 Å². The number of nitrogens with zero attached hydrogens (tertiary/aromatic N) is 3. The number of rotatable bonds is 6. The van der Waals surface area contributed by atoms with Crippen molar-refractivity contribution < 1.29 is 23.7 Å². The molecule has 2 aliphatic rings. The highest BCUT2D eigenvalue weighted by atomic mass is 32.2. The zero-order valence-electron chi connectivity index (χ0n) is 18.4. The van der Waals surface area contributed by atoms with Gasteiger partial charge in [0, 0.05) is 17.4 Å². The van der Waals surface area contributed by atoms with E-state index in [1.54, 1.807) is 18.2 Å². The Morgan fingerprint density at radius 3 is 2.57 bits per heavy atom. The van der Waals surface area contributed by atoms with Gasteiger partial charge in [-0.15, -0.1) is 10.2 Å². The third-order valence-electron chi connectivity index (χ3n) is 5.46. The van der Waals surface area contributed by atoms with Gasteiger partial charge >= 0.3 is 0 Å². The molecular formula is C25H20N4O5S. The number of aromatic nitrogens is 3. The Balaban J connectivity index is 1.21. The molecule has 2 aliphatic heterocycles. The van der Waals surface area contributed by atoms with Crippen molar-refractivity contribution in [3.05, 3.63) is 78.6 Å². The zero-order chi connectivity index (χ0) is 23.6. The molecule has 1 aromatic heterocycles. The Morgan fingerprint density at radius 2 is 1.69 bits per heavy atom. The minimum absolute atomic E-state index is 0.143. The van der Waals surface area contributed by atoms with E-state index < -0.39 is 6.10 Å². The Labute approximate surface area is 205 Å². The number of fused-ring (bicyclic) bond motifs is 2. The number of para-hydroxylation sites is 3. The van der Waals surface area contributed by atoms with Crippen LogP contribution in [0, 0.1) is 0 Å². The SMILES string of the molecule is O=C(CSc1nnc([C@@H]2COc3ccccc3O2)n1-c1ccccc1)Nc1ccc2c(c1)OCO2. The van der Waals surface area contributed by atoms with E-state index in [1.165, 1.54) is 11.8 Å². The molecule has 0 saturated carbocycles. The second kappa shape index (κ2) is 9.22. The Bertz CT molecular complexity index is 1380. The van der Waals surface area contributed by atoms with Crippen LogP contribution in [0.25, 0.3) is 5.69 Å². The van der Waals surface area contributed by atoms with Crippen LogP contribution in [0.2, 0.25) is 0 Å². The number of thioether (sulfide) groups is 1. The van der Waals surface area contributed by atoms with Gasteiger partial charge in [-0.2, -0.15) is 0 Å². The van der Waals surface area contributed by atoms with E-state index in [2.05, 4.69) is 15.5 Å². The van der Waals surface area contributed by atoms with Crippen molar-refractivity contribution in [3.8, 4) is 28.7 Å². The molecule has 0 spiro atoms. The lowest BCUT2D eigenvalue weighted by molar-refractivity contribution is -0.113. The standard InChI is InChI=1S/C25H20N4O5S/c30-23(26-16-10-11-19-21(12-16)33-15-32-19)14-35-25-28-27-24(29(25)17-6-2-1-3-7-17)22-13-31-18-8-4-5-9-20(18)34-22/h1-12,22H,13-15H2,(H,26,30)/t22-/m0/s1. The van der Waals surface area contributed by atoms with Gasteiger partial charge in [0.15, 0.2) is 40.1 Å². The van der Waals surface area contributed by atoms with Gasteiger partial charge in [-0.1, -0.05) is 42.1 Å². The second-order valence-corrected chi connectivity index (χ2v) is 8.72. The van der Waals surface area contributed by atoms with Crippen LogP contribution in [0.1, 0.15) is 11.9 Å². The molecule has 3 heterocycles. The van der Waals surface area contributed by atoms with E-state index in [1.807, 2.05) is 59.2 Å². The number of amides is 1. The van der Waals surface area contributed by atoms with Gasteiger partial charge in [-0.3, -0.25) is 9.36 Å². The fourth-order valence-corrected chi connectivity index (χ4v) is 4.61. The van der Waals surface area contributed by atoms with E-state index in [0.29, 0.717) is 46.3 Å². The fourth-order valence-electron chi connectivity index (χ4n) is 3.85. The van der Waals surface area contributed by atoms with Gasteiger partial charge in [0.1, 0.15) is 6.61 Å². The normalized spacial score (nSPS) is 15.6. The van der Waals surface area contributed by atoms with Gasteiger partial charge in [0.05, 0.1) is 5.75 Å². The maximum atomic E-state index is 12.7. The summed E-state index contributed by atoms with van der Waals surface area (Å²) < 4.78 is 24.7. The maximum absolute atomic E-state index is 12.7. The van der Waals surface area contributed by atoms with Crippen molar-refractivity contribution in [2.24, 2.45) is 0 Å². The van der Waals surface area contributed by atoms with E-state index in [0.717, 1.165) is 5.69 Å².